The number of nitrogens with one attached hydrogen (secondary N) is 1. The molecule has 8 heteroatoms. The van der Waals surface area contributed by atoms with E-state index in [0.717, 1.165) is 25.3 Å². The summed E-state index contributed by atoms with van der Waals surface area (Å²) in [6.45, 7) is 5.08. The van der Waals surface area contributed by atoms with Crippen LogP contribution in [-0.4, -0.2) is 22.4 Å². The summed E-state index contributed by atoms with van der Waals surface area (Å²) in [4.78, 5) is 11.4. The second kappa shape index (κ2) is 7.27. The van der Waals surface area contributed by atoms with E-state index in [4.69, 9.17) is 0 Å². The van der Waals surface area contributed by atoms with Crippen LogP contribution in [0.5, 0.6) is 0 Å². The molecule has 0 aliphatic carbocycles. The van der Waals surface area contributed by atoms with Crippen LogP contribution in [0, 0.1) is 0 Å². The summed E-state index contributed by atoms with van der Waals surface area (Å²) in [7, 11) is 1.14. The Bertz CT molecular complexity index is 594. The summed E-state index contributed by atoms with van der Waals surface area (Å²) in [5, 5.41) is 0. The molecule has 0 aromatic heterocycles. The summed E-state index contributed by atoms with van der Waals surface area (Å²) in [6, 6.07) is 4.39. The van der Waals surface area contributed by atoms with Gasteiger partial charge >= 0.3 is 12.1 Å². The Hall–Kier alpha value is -1.67. The van der Waals surface area contributed by atoms with Crippen LogP contribution in [0.2, 0.25) is 0 Å². The number of hydrogen-bond acceptors (Lipinski definition) is 4. The quantitative estimate of drug-likeness (QED) is 0.515. The smallest absolute Gasteiger partial charge is 0.416 e. The summed E-state index contributed by atoms with van der Waals surface area (Å²) in [6.07, 6.45) is -3.55. The Morgan fingerprint density at radius 3 is 2.39 bits per heavy atom. The fourth-order valence-corrected chi connectivity index (χ4v) is 2.15. The van der Waals surface area contributed by atoms with E-state index in [2.05, 4.69) is 9.46 Å². The molecule has 0 amide bonds. The number of ether oxygens (including phenoxy) is 1. The highest BCUT2D eigenvalue weighted by Crippen LogP contribution is 2.31. The minimum atomic E-state index is -4.52. The average Bonchev–Trinajstić information content (AvgIpc) is 2.44. The number of rotatable bonds is 4. The SMILES string of the molecule is COC(=O)/C=C(/N[S+]([O-])C(C)(C)C)c1cccc(C(F)(F)F)c1. The van der Waals surface area contributed by atoms with E-state index in [1.54, 1.807) is 20.8 Å². The highest BCUT2D eigenvalue weighted by molar-refractivity contribution is 7.91. The molecule has 1 aromatic carbocycles. The summed E-state index contributed by atoms with van der Waals surface area (Å²) < 4.78 is 57.0. The Morgan fingerprint density at radius 2 is 1.91 bits per heavy atom. The molecule has 23 heavy (non-hydrogen) atoms. The van der Waals surface area contributed by atoms with Crippen molar-refractivity contribution in [3.8, 4) is 0 Å². The molecule has 1 atom stereocenters. The molecule has 0 fully saturated rings. The lowest BCUT2D eigenvalue weighted by molar-refractivity contribution is -0.137. The maximum Gasteiger partial charge on any atom is 0.416 e. The summed E-state index contributed by atoms with van der Waals surface area (Å²) in [5.41, 5.74) is -0.784. The molecular weight excluding hydrogens is 331 g/mol. The third-order valence-electron chi connectivity index (χ3n) is 2.72. The Morgan fingerprint density at radius 1 is 1.30 bits per heavy atom. The Kier molecular flexibility index (Phi) is 6.12. The standard InChI is InChI=1S/C15H18F3NO3S/c1-14(2,3)23(21)19-12(9-13(20)22-4)10-6-5-7-11(8-10)15(16,17)18/h5-9,19H,1-4H3/b12-9+. The van der Waals surface area contributed by atoms with Gasteiger partial charge in [0.2, 0.25) is 0 Å². The third-order valence-corrected chi connectivity index (χ3v) is 4.24. The van der Waals surface area contributed by atoms with Crippen LogP contribution in [-0.2, 0) is 27.1 Å². The van der Waals surface area contributed by atoms with Crippen molar-refractivity contribution in [1.82, 2.24) is 4.72 Å². The number of halogens is 3. The monoisotopic (exact) mass is 349 g/mol. The van der Waals surface area contributed by atoms with Crippen molar-refractivity contribution in [1.29, 1.82) is 0 Å². The van der Waals surface area contributed by atoms with Crippen molar-refractivity contribution in [2.24, 2.45) is 0 Å². The fraction of sp³-hybridized carbons (Fsp3) is 0.400. The van der Waals surface area contributed by atoms with Crippen molar-refractivity contribution in [3.63, 3.8) is 0 Å². The normalized spacial score (nSPS) is 14.3. The molecule has 0 radical (unpaired) electrons. The number of esters is 1. The molecule has 0 bridgehead atoms. The van der Waals surface area contributed by atoms with Gasteiger partial charge in [-0.05, 0) is 32.9 Å². The fourth-order valence-electron chi connectivity index (χ4n) is 1.46. The molecule has 1 rings (SSSR count). The summed E-state index contributed by atoms with van der Waals surface area (Å²) in [5.74, 6) is -0.768. The number of carbonyl (C=O) groups excluding carboxylic acids is 1. The predicted octanol–water partition coefficient (Wildman–Crippen LogP) is 3.27. The first-order valence-corrected chi connectivity index (χ1v) is 7.76. The van der Waals surface area contributed by atoms with Crippen molar-refractivity contribution < 1.29 is 27.3 Å². The van der Waals surface area contributed by atoms with E-state index in [9.17, 15) is 22.5 Å². The third kappa shape index (κ3) is 5.80. The molecule has 0 saturated carbocycles. The number of hydrogen-bond donors (Lipinski definition) is 1. The van der Waals surface area contributed by atoms with Crippen LogP contribution < -0.4 is 4.72 Å². The van der Waals surface area contributed by atoms with Crippen LogP contribution in [0.4, 0.5) is 13.2 Å². The largest absolute Gasteiger partial charge is 0.593 e. The second-order valence-electron chi connectivity index (χ2n) is 5.64. The molecule has 1 unspecified atom stereocenters. The van der Waals surface area contributed by atoms with E-state index < -0.39 is 33.8 Å². The van der Waals surface area contributed by atoms with Gasteiger partial charge in [0, 0.05) is 5.56 Å². The van der Waals surface area contributed by atoms with Crippen molar-refractivity contribution in [2.45, 2.75) is 31.7 Å². The van der Waals surface area contributed by atoms with Gasteiger partial charge in [0.1, 0.15) is 4.75 Å². The van der Waals surface area contributed by atoms with E-state index in [0.29, 0.717) is 0 Å². The number of carbonyl (C=O) groups is 1. The van der Waals surface area contributed by atoms with Gasteiger partial charge in [0.05, 0.1) is 35.8 Å². The zero-order valence-electron chi connectivity index (χ0n) is 13.2. The van der Waals surface area contributed by atoms with E-state index in [1.807, 2.05) is 0 Å². The van der Waals surface area contributed by atoms with Crippen molar-refractivity contribution in [3.05, 3.63) is 41.5 Å². The maximum absolute atomic E-state index is 12.8. The van der Waals surface area contributed by atoms with Crippen LogP contribution in [0.1, 0.15) is 31.9 Å². The van der Waals surface area contributed by atoms with Crippen LogP contribution in [0.3, 0.4) is 0 Å². The lowest BCUT2D eigenvalue weighted by Crippen LogP contribution is -2.38. The van der Waals surface area contributed by atoms with Gasteiger partial charge in [-0.2, -0.15) is 13.2 Å². The molecule has 0 saturated heterocycles. The molecule has 4 nitrogen and oxygen atoms in total. The summed E-state index contributed by atoms with van der Waals surface area (Å²) >= 11 is -1.62. The second-order valence-corrected chi connectivity index (χ2v) is 7.61. The van der Waals surface area contributed by atoms with Gasteiger partial charge in [0.25, 0.3) is 0 Å². The van der Waals surface area contributed by atoms with E-state index in [1.165, 1.54) is 12.1 Å². The molecule has 0 spiro atoms. The molecule has 0 heterocycles. The number of alkyl halides is 3. The van der Waals surface area contributed by atoms with Crippen LogP contribution >= 0.6 is 0 Å². The minimum Gasteiger partial charge on any atom is -0.593 e. The van der Waals surface area contributed by atoms with E-state index in [-0.39, 0.29) is 11.3 Å². The molecule has 128 valence electrons. The topological polar surface area (TPSA) is 61.4 Å². The van der Waals surface area contributed by atoms with Crippen LogP contribution in [0.15, 0.2) is 30.3 Å². The zero-order valence-corrected chi connectivity index (χ0v) is 14.0. The van der Waals surface area contributed by atoms with Gasteiger partial charge < -0.3 is 9.29 Å². The highest BCUT2D eigenvalue weighted by Gasteiger charge is 2.32. The average molecular weight is 349 g/mol. The van der Waals surface area contributed by atoms with Gasteiger partial charge in [-0.3, -0.25) is 0 Å². The van der Waals surface area contributed by atoms with Gasteiger partial charge in [-0.1, -0.05) is 12.1 Å². The predicted molar refractivity (Wildman–Crippen MR) is 82.5 cm³/mol. The van der Waals surface area contributed by atoms with Crippen LogP contribution in [0.25, 0.3) is 5.70 Å². The van der Waals surface area contributed by atoms with Crippen molar-refractivity contribution in [2.75, 3.05) is 7.11 Å². The zero-order chi connectivity index (χ0) is 17.8. The Balaban J connectivity index is 3.26. The lowest BCUT2D eigenvalue weighted by Gasteiger charge is -2.25. The first-order valence-electron chi connectivity index (χ1n) is 6.61. The lowest BCUT2D eigenvalue weighted by atomic mass is 10.1. The molecular formula is C15H18F3NO3S. The highest BCUT2D eigenvalue weighted by atomic mass is 32.2. The Labute approximate surface area is 136 Å². The minimum absolute atomic E-state index is 0.00351. The molecule has 1 aromatic rings. The van der Waals surface area contributed by atoms with Gasteiger partial charge in [0.15, 0.2) is 0 Å². The first-order chi connectivity index (χ1) is 10.4. The van der Waals surface area contributed by atoms with Crippen molar-refractivity contribution >= 4 is 23.0 Å². The number of benzene rings is 1. The molecule has 1 N–H and O–H groups in total. The number of methoxy groups -OCH3 is 1. The first kappa shape index (κ1) is 19.4. The molecule has 0 aliphatic rings. The molecule has 0 aliphatic heterocycles. The maximum atomic E-state index is 12.8. The van der Waals surface area contributed by atoms with Gasteiger partial charge in [-0.25, -0.2) is 9.52 Å². The van der Waals surface area contributed by atoms with E-state index >= 15 is 0 Å². The van der Waals surface area contributed by atoms with Gasteiger partial charge in [-0.15, -0.1) is 0 Å².